The molecule has 1 aliphatic rings. The summed E-state index contributed by atoms with van der Waals surface area (Å²) in [7, 11) is -3.20. The number of nitrogens with one attached hydrogen (secondary N) is 1. The number of amides is 2. The third-order valence-corrected chi connectivity index (χ3v) is 5.94. The van der Waals surface area contributed by atoms with Crippen LogP contribution in [-0.2, 0) is 10.0 Å². The topological polar surface area (TPSA) is 69.7 Å². The van der Waals surface area contributed by atoms with Gasteiger partial charge in [-0.2, -0.15) is 4.31 Å². The molecule has 0 atom stereocenters. The van der Waals surface area contributed by atoms with Gasteiger partial charge in [0.05, 0.1) is 5.75 Å². The molecule has 1 heterocycles. The van der Waals surface area contributed by atoms with E-state index in [0.717, 1.165) is 6.42 Å². The molecule has 6 nitrogen and oxygen atoms in total. The van der Waals surface area contributed by atoms with Crippen molar-refractivity contribution in [3.8, 4) is 0 Å². The number of anilines is 1. The van der Waals surface area contributed by atoms with Gasteiger partial charge in [0, 0.05) is 36.9 Å². The molecule has 2 amide bonds. The number of urea groups is 1. The lowest BCUT2D eigenvalue weighted by atomic mass is 10.3. The van der Waals surface area contributed by atoms with Crippen LogP contribution in [-0.4, -0.2) is 55.6 Å². The van der Waals surface area contributed by atoms with Crippen LogP contribution in [0.4, 0.5) is 10.5 Å². The van der Waals surface area contributed by atoms with Crippen LogP contribution in [0.3, 0.4) is 0 Å². The number of piperazine rings is 1. The van der Waals surface area contributed by atoms with E-state index < -0.39 is 10.0 Å². The first-order chi connectivity index (χ1) is 10.9. The maximum absolute atomic E-state index is 12.2. The van der Waals surface area contributed by atoms with Gasteiger partial charge in [-0.3, -0.25) is 0 Å². The van der Waals surface area contributed by atoms with Gasteiger partial charge in [-0.15, -0.1) is 0 Å². The number of rotatable bonds is 5. The van der Waals surface area contributed by atoms with Crippen molar-refractivity contribution in [1.82, 2.24) is 9.21 Å². The van der Waals surface area contributed by atoms with E-state index in [4.69, 9.17) is 11.6 Å². The predicted octanol–water partition coefficient (Wildman–Crippen LogP) is 2.62. The third kappa shape index (κ3) is 5.09. The lowest BCUT2D eigenvalue weighted by Crippen LogP contribution is -2.52. The van der Waals surface area contributed by atoms with Gasteiger partial charge in [0.25, 0.3) is 0 Å². The Labute approximate surface area is 142 Å². The summed E-state index contributed by atoms with van der Waals surface area (Å²) in [4.78, 5) is 13.8. The van der Waals surface area contributed by atoms with E-state index >= 15 is 0 Å². The first-order valence-corrected chi connectivity index (χ1v) is 9.70. The minimum atomic E-state index is -3.20. The third-order valence-electron chi connectivity index (χ3n) is 3.75. The molecule has 2 rings (SSSR count). The van der Waals surface area contributed by atoms with E-state index in [1.807, 2.05) is 6.92 Å². The van der Waals surface area contributed by atoms with Gasteiger partial charge in [-0.1, -0.05) is 31.0 Å². The SMILES string of the molecule is CCCCS(=O)(=O)N1CCN(C(=O)Nc2cccc(Cl)c2)CC1. The van der Waals surface area contributed by atoms with E-state index in [-0.39, 0.29) is 11.8 Å². The highest BCUT2D eigenvalue weighted by atomic mass is 35.5. The number of halogens is 1. The van der Waals surface area contributed by atoms with E-state index in [0.29, 0.717) is 43.3 Å². The van der Waals surface area contributed by atoms with Crippen molar-refractivity contribution >= 4 is 33.3 Å². The Morgan fingerprint density at radius 2 is 1.96 bits per heavy atom. The Morgan fingerprint density at radius 1 is 1.26 bits per heavy atom. The Bertz CT molecular complexity index is 643. The molecule has 0 saturated carbocycles. The van der Waals surface area contributed by atoms with Crippen molar-refractivity contribution in [2.45, 2.75) is 19.8 Å². The van der Waals surface area contributed by atoms with Crippen LogP contribution in [0.15, 0.2) is 24.3 Å². The van der Waals surface area contributed by atoms with Gasteiger partial charge in [-0.25, -0.2) is 13.2 Å². The molecule has 1 aromatic rings. The van der Waals surface area contributed by atoms with Crippen molar-refractivity contribution in [2.75, 3.05) is 37.2 Å². The zero-order valence-corrected chi connectivity index (χ0v) is 14.7. The van der Waals surface area contributed by atoms with E-state index in [2.05, 4.69) is 5.32 Å². The number of hydrogen-bond donors (Lipinski definition) is 1. The lowest BCUT2D eigenvalue weighted by molar-refractivity contribution is 0.184. The zero-order chi connectivity index (χ0) is 16.9. The summed E-state index contributed by atoms with van der Waals surface area (Å²) in [5.41, 5.74) is 0.625. The molecule has 0 aliphatic carbocycles. The summed E-state index contributed by atoms with van der Waals surface area (Å²) in [6.45, 7) is 3.42. The molecule has 0 unspecified atom stereocenters. The number of carbonyl (C=O) groups is 1. The van der Waals surface area contributed by atoms with Gasteiger partial charge < -0.3 is 10.2 Å². The van der Waals surface area contributed by atoms with E-state index in [1.165, 1.54) is 4.31 Å². The van der Waals surface area contributed by atoms with Crippen LogP contribution < -0.4 is 5.32 Å². The number of hydrogen-bond acceptors (Lipinski definition) is 3. The number of carbonyl (C=O) groups excluding carboxylic acids is 1. The molecule has 0 bridgehead atoms. The summed E-state index contributed by atoms with van der Waals surface area (Å²) in [5.74, 6) is 0.179. The molecule has 0 radical (unpaired) electrons. The molecule has 0 spiro atoms. The van der Waals surface area contributed by atoms with Crippen LogP contribution in [0.5, 0.6) is 0 Å². The molecular formula is C15H22ClN3O3S. The summed E-state index contributed by atoms with van der Waals surface area (Å²) >= 11 is 5.89. The minimum Gasteiger partial charge on any atom is -0.322 e. The number of nitrogens with zero attached hydrogens (tertiary/aromatic N) is 2. The Kier molecular flexibility index (Phi) is 6.26. The molecule has 0 aromatic heterocycles. The lowest BCUT2D eigenvalue weighted by Gasteiger charge is -2.34. The minimum absolute atomic E-state index is 0.179. The van der Waals surface area contributed by atoms with Crippen LogP contribution in [0.2, 0.25) is 5.02 Å². The molecule has 1 fully saturated rings. The fourth-order valence-corrected chi connectivity index (χ4v) is 4.22. The normalized spacial score (nSPS) is 16.3. The van der Waals surface area contributed by atoms with Gasteiger partial charge in [0.1, 0.15) is 0 Å². The standard InChI is InChI=1S/C15H22ClN3O3S/c1-2-3-11-23(21,22)19-9-7-18(8-10-19)15(20)17-14-6-4-5-13(16)12-14/h4-6,12H,2-3,7-11H2,1H3,(H,17,20). The van der Waals surface area contributed by atoms with E-state index in [1.54, 1.807) is 29.2 Å². The monoisotopic (exact) mass is 359 g/mol. The molecule has 1 aromatic carbocycles. The van der Waals surface area contributed by atoms with Crippen LogP contribution in [0, 0.1) is 0 Å². The second-order valence-electron chi connectivity index (χ2n) is 5.50. The van der Waals surface area contributed by atoms with Crippen LogP contribution in [0.1, 0.15) is 19.8 Å². The Hall–Kier alpha value is -1.31. The number of sulfonamides is 1. The fourth-order valence-electron chi connectivity index (χ4n) is 2.39. The van der Waals surface area contributed by atoms with Crippen molar-refractivity contribution in [3.63, 3.8) is 0 Å². The Morgan fingerprint density at radius 3 is 2.57 bits per heavy atom. The second-order valence-corrected chi connectivity index (χ2v) is 8.02. The van der Waals surface area contributed by atoms with Crippen molar-refractivity contribution < 1.29 is 13.2 Å². The summed E-state index contributed by atoms with van der Waals surface area (Å²) in [5, 5.41) is 3.33. The zero-order valence-electron chi connectivity index (χ0n) is 13.2. The van der Waals surface area contributed by atoms with Crippen LogP contribution >= 0.6 is 11.6 Å². The maximum Gasteiger partial charge on any atom is 0.321 e. The van der Waals surface area contributed by atoms with Crippen molar-refractivity contribution in [1.29, 1.82) is 0 Å². The second kappa shape index (κ2) is 7.99. The van der Waals surface area contributed by atoms with Crippen LogP contribution in [0.25, 0.3) is 0 Å². The summed E-state index contributed by atoms with van der Waals surface area (Å²) in [6.07, 6.45) is 1.51. The number of unbranched alkanes of at least 4 members (excludes halogenated alkanes) is 1. The smallest absolute Gasteiger partial charge is 0.321 e. The highest BCUT2D eigenvalue weighted by molar-refractivity contribution is 7.89. The molecule has 1 saturated heterocycles. The summed E-state index contributed by atoms with van der Waals surface area (Å²) in [6, 6.07) is 6.69. The first-order valence-electron chi connectivity index (χ1n) is 7.71. The molecular weight excluding hydrogens is 338 g/mol. The largest absolute Gasteiger partial charge is 0.322 e. The quantitative estimate of drug-likeness (QED) is 0.878. The Balaban J connectivity index is 1.87. The molecule has 8 heteroatoms. The molecule has 1 aliphatic heterocycles. The number of benzene rings is 1. The van der Waals surface area contributed by atoms with E-state index in [9.17, 15) is 13.2 Å². The van der Waals surface area contributed by atoms with Gasteiger partial charge in [0.15, 0.2) is 0 Å². The molecule has 1 N–H and O–H groups in total. The van der Waals surface area contributed by atoms with Gasteiger partial charge in [-0.05, 0) is 24.6 Å². The van der Waals surface area contributed by atoms with Crippen molar-refractivity contribution in [2.24, 2.45) is 0 Å². The maximum atomic E-state index is 12.2. The summed E-state index contributed by atoms with van der Waals surface area (Å²) < 4.78 is 25.8. The first kappa shape index (κ1) is 18.0. The average Bonchev–Trinajstić information content (AvgIpc) is 2.53. The van der Waals surface area contributed by atoms with Crippen molar-refractivity contribution in [3.05, 3.63) is 29.3 Å². The average molecular weight is 360 g/mol. The predicted molar refractivity (Wildman–Crippen MR) is 92.3 cm³/mol. The highest BCUT2D eigenvalue weighted by Crippen LogP contribution is 2.16. The molecule has 23 heavy (non-hydrogen) atoms. The van der Waals surface area contributed by atoms with Gasteiger partial charge in [0.2, 0.25) is 10.0 Å². The molecule has 128 valence electrons. The highest BCUT2D eigenvalue weighted by Gasteiger charge is 2.28. The fraction of sp³-hybridized carbons (Fsp3) is 0.533. The van der Waals surface area contributed by atoms with Gasteiger partial charge >= 0.3 is 6.03 Å².